The van der Waals surface area contributed by atoms with Gasteiger partial charge >= 0.3 is 5.91 Å². The van der Waals surface area contributed by atoms with Gasteiger partial charge in [-0.3, -0.25) is 14.5 Å². The van der Waals surface area contributed by atoms with E-state index in [4.69, 9.17) is 4.98 Å². The first kappa shape index (κ1) is 23.0. The van der Waals surface area contributed by atoms with Crippen molar-refractivity contribution in [2.75, 3.05) is 4.90 Å². The molecule has 0 unspecified atom stereocenters. The highest BCUT2D eigenvalue weighted by atomic mass is 32.1. The zero-order valence-corrected chi connectivity index (χ0v) is 20.9. The summed E-state index contributed by atoms with van der Waals surface area (Å²) in [5.74, 6) is -1.24. The zero-order valence-electron chi connectivity index (χ0n) is 20.1. The van der Waals surface area contributed by atoms with Crippen LogP contribution in [-0.4, -0.2) is 21.8 Å². The zero-order chi connectivity index (χ0) is 24.9. The highest BCUT2D eigenvalue weighted by Gasteiger charge is 2.48. The summed E-state index contributed by atoms with van der Waals surface area (Å²) < 4.78 is 0.955. The highest BCUT2D eigenvalue weighted by molar-refractivity contribution is 7.22. The summed E-state index contributed by atoms with van der Waals surface area (Å²) in [6, 6.07) is 20.1. The number of fused-ring (bicyclic) bond motifs is 1. The number of aromatic nitrogens is 1. The summed E-state index contributed by atoms with van der Waals surface area (Å²) >= 11 is 1.38. The molecule has 0 spiro atoms. The molecular formula is C29H26N2O3S. The van der Waals surface area contributed by atoms with Crippen LogP contribution in [0.2, 0.25) is 0 Å². The Labute approximate surface area is 208 Å². The highest BCUT2D eigenvalue weighted by Crippen LogP contribution is 2.44. The van der Waals surface area contributed by atoms with Crippen molar-refractivity contribution in [3.05, 3.63) is 100 Å². The normalized spacial score (nSPS) is 17.6. The lowest BCUT2D eigenvalue weighted by Crippen LogP contribution is -2.29. The number of benzene rings is 3. The molecule has 1 saturated heterocycles. The van der Waals surface area contributed by atoms with Gasteiger partial charge in [0.2, 0.25) is 0 Å². The van der Waals surface area contributed by atoms with Gasteiger partial charge in [-0.2, -0.15) is 0 Å². The molecule has 4 aromatic rings. The van der Waals surface area contributed by atoms with E-state index in [1.807, 2.05) is 50.2 Å². The minimum absolute atomic E-state index is 0.0747. The molecule has 1 aromatic heterocycles. The maximum absolute atomic E-state index is 13.4. The monoisotopic (exact) mass is 482 g/mol. The van der Waals surface area contributed by atoms with Crippen molar-refractivity contribution >= 4 is 44.1 Å². The number of amides is 1. The number of carbonyl (C=O) groups is 2. The second-order valence-corrected chi connectivity index (χ2v) is 10.3. The van der Waals surface area contributed by atoms with E-state index in [0.29, 0.717) is 16.6 Å². The second kappa shape index (κ2) is 8.78. The van der Waals surface area contributed by atoms with Crippen molar-refractivity contribution in [3.63, 3.8) is 0 Å². The van der Waals surface area contributed by atoms with E-state index >= 15 is 0 Å². The van der Waals surface area contributed by atoms with Crippen LogP contribution in [0, 0.1) is 13.8 Å². The summed E-state index contributed by atoms with van der Waals surface area (Å²) in [6.07, 6.45) is 0. The van der Waals surface area contributed by atoms with Crippen LogP contribution in [0.25, 0.3) is 16.0 Å². The summed E-state index contributed by atoms with van der Waals surface area (Å²) in [4.78, 5) is 33.0. The molecule has 0 radical (unpaired) electrons. The van der Waals surface area contributed by atoms with E-state index in [-0.39, 0.29) is 11.3 Å². The SMILES string of the molecule is Cc1cc(C)c2nc(N3C(=O)C(=O)/C(=C(/O)c4ccccc4)[C@@H]3c3ccc(C(C)C)cc3)sc2c1. The number of hydrogen-bond acceptors (Lipinski definition) is 5. The summed E-state index contributed by atoms with van der Waals surface area (Å²) in [5, 5.41) is 11.7. The maximum Gasteiger partial charge on any atom is 0.301 e. The fourth-order valence-corrected chi connectivity index (χ4v) is 5.79. The van der Waals surface area contributed by atoms with Gasteiger partial charge in [0, 0.05) is 5.56 Å². The predicted octanol–water partition coefficient (Wildman–Crippen LogP) is 6.66. The van der Waals surface area contributed by atoms with Crippen molar-refractivity contribution in [2.24, 2.45) is 0 Å². The molecule has 0 aliphatic carbocycles. The first-order chi connectivity index (χ1) is 16.8. The third kappa shape index (κ3) is 3.94. The van der Waals surface area contributed by atoms with E-state index in [1.54, 1.807) is 24.3 Å². The van der Waals surface area contributed by atoms with Crippen LogP contribution in [0.15, 0.2) is 72.3 Å². The van der Waals surface area contributed by atoms with E-state index in [0.717, 1.165) is 32.5 Å². The van der Waals surface area contributed by atoms with Crippen LogP contribution in [0.5, 0.6) is 0 Å². The van der Waals surface area contributed by atoms with Gasteiger partial charge in [-0.25, -0.2) is 4.98 Å². The van der Waals surface area contributed by atoms with Gasteiger partial charge in [-0.05, 0) is 48.1 Å². The number of aryl methyl sites for hydroxylation is 2. The Kier molecular flexibility index (Phi) is 5.77. The molecule has 1 N–H and O–H groups in total. The molecule has 5 nitrogen and oxygen atoms in total. The van der Waals surface area contributed by atoms with Crippen molar-refractivity contribution in [2.45, 2.75) is 39.7 Å². The molecule has 35 heavy (non-hydrogen) atoms. The minimum atomic E-state index is -0.779. The van der Waals surface area contributed by atoms with E-state index in [2.05, 4.69) is 19.9 Å². The maximum atomic E-state index is 13.4. The van der Waals surface area contributed by atoms with Crippen LogP contribution in [0.3, 0.4) is 0 Å². The largest absolute Gasteiger partial charge is 0.507 e. The molecule has 1 fully saturated rings. The molecule has 1 atom stereocenters. The van der Waals surface area contributed by atoms with Crippen LogP contribution in [0.4, 0.5) is 5.13 Å². The molecule has 176 valence electrons. The predicted molar refractivity (Wildman–Crippen MR) is 141 cm³/mol. The lowest BCUT2D eigenvalue weighted by atomic mass is 9.93. The number of thiazole rings is 1. The third-order valence-corrected chi connectivity index (χ3v) is 7.44. The van der Waals surface area contributed by atoms with E-state index < -0.39 is 17.7 Å². The first-order valence-corrected chi connectivity index (χ1v) is 12.4. The number of Topliss-reactive ketones (excluding diaryl/α,β-unsaturated/α-hetero) is 1. The van der Waals surface area contributed by atoms with Crippen LogP contribution >= 0.6 is 11.3 Å². The number of aliphatic hydroxyl groups is 1. The van der Waals surface area contributed by atoms with Gasteiger partial charge in [0.25, 0.3) is 5.78 Å². The summed E-state index contributed by atoms with van der Waals surface area (Å²) in [7, 11) is 0. The van der Waals surface area contributed by atoms with Crippen molar-refractivity contribution in [1.82, 2.24) is 4.98 Å². The molecule has 2 heterocycles. The van der Waals surface area contributed by atoms with Crippen LogP contribution < -0.4 is 4.90 Å². The molecule has 6 heteroatoms. The van der Waals surface area contributed by atoms with Gasteiger partial charge in [-0.15, -0.1) is 0 Å². The van der Waals surface area contributed by atoms with E-state index in [9.17, 15) is 14.7 Å². The van der Waals surface area contributed by atoms with Crippen LogP contribution in [-0.2, 0) is 9.59 Å². The Balaban J connectivity index is 1.73. The van der Waals surface area contributed by atoms with Gasteiger partial charge in [0.15, 0.2) is 5.13 Å². The third-order valence-electron chi connectivity index (χ3n) is 6.44. The smallest absolute Gasteiger partial charge is 0.301 e. The molecule has 1 aliphatic rings. The lowest BCUT2D eigenvalue weighted by Gasteiger charge is -2.23. The molecule has 5 rings (SSSR count). The number of aliphatic hydroxyl groups excluding tert-OH is 1. The van der Waals surface area contributed by atoms with Crippen molar-refractivity contribution < 1.29 is 14.7 Å². The molecule has 0 saturated carbocycles. The molecular weight excluding hydrogens is 456 g/mol. The minimum Gasteiger partial charge on any atom is -0.507 e. The average molecular weight is 483 g/mol. The molecule has 1 aliphatic heterocycles. The Hall–Kier alpha value is -3.77. The van der Waals surface area contributed by atoms with Crippen molar-refractivity contribution in [3.8, 4) is 0 Å². The standard InChI is InChI=1S/C29H26N2O3S/c1-16(2)19-10-12-20(13-11-19)25-23(26(32)21-8-6-5-7-9-21)27(33)28(34)31(25)29-30-24-18(4)14-17(3)15-22(24)35-29/h5-16,25,32H,1-4H3/b26-23+/t25-/m0/s1. The Morgan fingerprint density at radius 2 is 1.69 bits per heavy atom. The summed E-state index contributed by atoms with van der Waals surface area (Å²) in [5.41, 5.74) is 5.40. The quantitative estimate of drug-likeness (QED) is 0.200. The fourth-order valence-electron chi connectivity index (χ4n) is 4.62. The summed E-state index contributed by atoms with van der Waals surface area (Å²) in [6.45, 7) is 8.24. The van der Waals surface area contributed by atoms with Gasteiger partial charge in [-0.1, -0.05) is 85.8 Å². The van der Waals surface area contributed by atoms with Gasteiger partial charge < -0.3 is 5.11 Å². The fraction of sp³-hybridized carbons (Fsp3) is 0.207. The number of anilines is 1. The number of nitrogens with zero attached hydrogens (tertiary/aromatic N) is 2. The Morgan fingerprint density at radius 1 is 1.00 bits per heavy atom. The van der Waals surface area contributed by atoms with Gasteiger partial charge in [0.1, 0.15) is 5.76 Å². The molecule has 1 amide bonds. The molecule has 3 aromatic carbocycles. The number of ketones is 1. The Morgan fingerprint density at radius 3 is 2.34 bits per heavy atom. The van der Waals surface area contributed by atoms with Crippen molar-refractivity contribution in [1.29, 1.82) is 0 Å². The van der Waals surface area contributed by atoms with E-state index in [1.165, 1.54) is 16.2 Å². The topological polar surface area (TPSA) is 70.5 Å². The Bertz CT molecular complexity index is 1480. The second-order valence-electron chi connectivity index (χ2n) is 9.28. The number of carbonyl (C=O) groups excluding carboxylic acids is 2. The molecule has 0 bridgehead atoms. The van der Waals surface area contributed by atoms with Crippen LogP contribution in [0.1, 0.15) is 53.6 Å². The van der Waals surface area contributed by atoms with Gasteiger partial charge in [0.05, 0.1) is 21.8 Å². The average Bonchev–Trinajstić information content (AvgIpc) is 3.38. The lowest BCUT2D eigenvalue weighted by molar-refractivity contribution is -0.132. The number of hydrogen-bond donors (Lipinski definition) is 1. The number of rotatable bonds is 4. The first-order valence-electron chi connectivity index (χ1n) is 11.6.